The maximum Gasteiger partial charge on any atom is 0.257 e. The predicted octanol–water partition coefficient (Wildman–Crippen LogP) is 2.35. The molecule has 2 aromatic rings. The summed E-state index contributed by atoms with van der Waals surface area (Å²) in [6.45, 7) is 3.31. The molecule has 2 aliphatic rings. The molecule has 7 nitrogen and oxygen atoms in total. The predicted molar refractivity (Wildman–Crippen MR) is 91.7 cm³/mol. The number of anilines is 1. The molecule has 4 rings (SSSR count). The van der Waals surface area contributed by atoms with Gasteiger partial charge in [-0.2, -0.15) is 0 Å². The minimum atomic E-state index is -0.0417. The van der Waals surface area contributed by atoms with Gasteiger partial charge in [0.05, 0.1) is 18.4 Å². The monoisotopic (exact) mass is 342 g/mol. The number of rotatable bonds is 4. The number of amides is 1. The van der Waals surface area contributed by atoms with Crippen LogP contribution in [0, 0.1) is 0 Å². The first kappa shape index (κ1) is 15.9. The van der Waals surface area contributed by atoms with Crippen molar-refractivity contribution < 1.29 is 13.9 Å². The molecule has 0 saturated carbocycles. The summed E-state index contributed by atoms with van der Waals surface area (Å²) in [5, 5.41) is 0. The molecule has 2 fully saturated rings. The number of carbonyl (C=O) groups is 1. The van der Waals surface area contributed by atoms with Crippen molar-refractivity contribution in [2.45, 2.75) is 31.8 Å². The lowest BCUT2D eigenvalue weighted by molar-refractivity contribution is 0.0770. The highest BCUT2D eigenvalue weighted by atomic mass is 16.5. The number of likely N-dealkylation sites (tertiary alicyclic amines) is 1. The number of hydrogen-bond donors (Lipinski definition) is 0. The van der Waals surface area contributed by atoms with E-state index in [1.165, 1.54) is 31.8 Å². The second-order valence-corrected chi connectivity index (χ2v) is 6.55. The van der Waals surface area contributed by atoms with Crippen LogP contribution in [0.15, 0.2) is 35.4 Å². The van der Waals surface area contributed by atoms with Gasteiger partial charge in [-0.05, 0) is 25.3 Å². The van der Waals surface area contributed by atoms with E-state index in [-0.39, 0.29) is 12.0 Å². The summed E-state index contributed by atoms with van der Waals surface area (Å²) >= 11 is 0. The lowest BCUT2D eigenvalue weighted by Crippen LogP contribution is -2.31. The molecule has 0 aromatic carbocycles. The molecule has 25 heavy (non-hydrogen) atoms. The number of piperidine rings is 1. The summed E-state index contributed by atoms with van der Waals surface area (Å²) < 4.78 is 11.0. The summed E-state index contributed by atoms with van der Waals surface area (Å²) in [6.07, 6.45) is 9.00. The van der Waals surface area contributed by atoms with Gasteiger partial charge in [0.25, 0.3) is 5.91 Å². The Morgan fingerprint density at radius 3 is 2.88 bits per heavy atom. The van der Waals surface area contributed by atoms with Gasteiger partial charge < -0.3 is 19.0 Å². The summed E-state index contributed by atoms with van der Waals surface area (Å²) in [5.74, 6) is 1.49. The second kappa shape index (κ2) is 7.13. The summed E-state index contributed by atoms with van der Waals surface area (Å²) in [4.78, 5) is 25.0. The van der Waals surface area contributed by atoms with E-state index in [1.54, 1.807) is 17.3 Å². The molecule has 0 bridgehead atoms. The van der Waals surface area contributed by atoms with Crippen LogP contribution in [0.1, 0.15) is 36.0 Å². The molecule has 132 valence electrons. The van der Waals surface area contributed by atoms with E-state index in [1.807, 2.05) is 6.07 Å². The molecule has 2 aromatic heterocycles. The standard InChI is InChI=1S/C18H22N4O3/c23-18(14-5-9-24-12-14)22-8-4-15(11-22)25-17-10-16(19-13-20-17)21-6-2-1-3-7-21/h5,9-10,12-13,15H,1-4,6-8,11H2. The SMILES string of the molecule is O=C(c1ccoc1)N1CCC(Oc2cc(N3CCCCC3)ncn2)C1. The van der Waals surface area contributed by atoms with E-state index in [4.69, 9.17) is 9.15 Å². The van der Waals surface area contributed by atoms with E-state index in [0.717, 1.165) is 25.3 Å². The molecule has 4 heterocycles. The third-order valence-corrected chi connectivity index (χ3v) is 4.80. The molecular weight excluding hydrogens is 320 g/mol. The van der Waals surface area contributed by atoms with Crippen molar-refractivity contribution in [1.82, 2.24) is 14.9 Å². The Labute approximate surface area is 146 Å². The second-order valence-electron chi connectivity index (χ2n) is 6.55. The Morgan fingerprint density at radius 1 is 1.20 bits per heavy atom. The van der Waals surface area contributed by atoms with Gasteiger partial charge in [-0.3, -0.25) is 4.79 Å². The minimum Gasteiger partial charge on any atom is -0.472 e. The Morgan fingerprint density at radius 2 is 2.08 bits per heavy atom. The van der Waals surface area contributed by atoms with Crippen LogP contribution in [-0.4, -0.2) is 53.1 Å². The topological polar surface area (TPSA) is 71.7 Å². The van der Waals surface area contributed by atoms with E-state index < -0.39 is 0 Å². The number of ether oxygens (including phenoxy) is 1. The average Bonchev–Trinajstić information content (AvgIpc) is 3.34. The first-order chi connectivity index (χ1) is 12.3. The summed E-state index contributed by atoms with van der Waals surface area (Å²) in [6, 6.07) is 3.59. The van der Waals surface area contributed by atoms with Crippen LogP contribution in [0.25, 0.3) is 0 Å². The molecule has 0 N–H and O–H groups in total. The van der Waals surface area contributed by atoms with Gasteiger partial charge in [0.2, 0.25) is 5.88 Å². The Kier molecular flexibility index (Phi) is 4.54. The van der Waals surface area contributed by atoms with Crippen LogP contribution in [-0.2, 0) is 0 Å². The summed E-state index contributed by atoms with van der Waals surface area (Å²) in [5.41, 5.74) is 0.579. The summed E-state index contributed by atoms with van der Waals surface area (Å²) in [7, 11) is 0. The van der Waals surface area contributed by atoms with Gasteiger partial charge in [0.1, 0.15) is 24.5 Å². The molecule has 0 radical (unpaired) electrons. The van der Waals surface area contributed by atoms with Crippen molar-refractivity contribution in [3.8, 4) is 5.88 Å². The van der Waals surface area contributed by atoms with E-state index >= 15 is 0 Å². The molecule has 2 aliphatic heterocycles. The number of furan rings is 1. The van der Waals surface area contributed by atoms with Crippen LogP contribution < -0.4 is 9.64 Å². The Hall–Kier alpha value is -2.57. The number of carbonyl (C=O) groups excluding carboxylic acids is 1. The van der Waals surface area contributed by atoms with E-state index in [2.05, 4.69) is 14.9 Å². The van der Waals surface area contributed by atoms with E-state index in [0.29, 0.717) is 24.5 Å². The number of hydrogen-bond acceptors (Lipinski definition) is 6. The quantitative estimate of drug-likeness (QED) is 0.849. The normalized spacial score (nSPS) is 20.7. The zero-order chi connectivity index (χ0) is 17.1. The highest BCUT2D eigenvalue weighted by Gasteiger charge is 2.29. The minimum absolute atomic E-state index is 0.0171. The number of nitrogens with zero attached hydrogens (tertiary/aromatic N) is 4. The Bertz CT molecular complexity index is 713. The highest BCUT2D eigenvalue weighted by Crippen LogP contribution is 2.23. The van der Waals surface area contributed by atoms with Crippen LogP contribution in [0.2, 0.25) is 0 Å². The molecule has 1 atom stereocenters. The molecule has 2 saturated heterocycles. The molecule has 1 amide bonds. The van der Waals surface area contributed by atoms with Gasteiger partial charge in [-0.25, -0.2) is 9.97 Å². The van der Waals surface area contributed by atoms with Gasteiger partial charge in [-0.15, -0.1) is 0 Å². The molecule has 0 spiro atoms. The van der Waals surface area contributed by atoms with Crippen molar-refractivity contribution in [3.05, 3.63) is 36.5 Å². The van der Waals surface area contributed by atoms with Crippen LogP contribution in [0.3, 0.4) is 0 Å². The van der Waals surface area contributed by atoms with Crippen LogP contribution >= 0.6 is 0 Å². The zero-order valence-electron chi connectivity index (χ0n) is 14.1. The average molecular weight is 342 g/mol. The zero-order valence-corrected chi connectivity index (χ0v) is 14.1. The third kappa shape index (κ3) is 3.60. The lowest BCUT2D eigenvalue weighted by Gasteiger charge is -2.27. The molecular formula is C18H22N4O3. The van der Waals surface area contributed by atoms with Gasteiger partial charge in [-0.1, -0.05) is 0 Å². The first-order valence-electron chi connectivity index (χ1n) is 8.85. The molecule has 1 unspecified atom stereocenters. The largest absolute Gasteiger partial charge is 0.472 e. The van der Waals surface area contributed by atoms with Crippen LogP contribution in [0.5, 0.6) is 5.88 Å². The maximum absolute atomic E-state index is 12.3. The third-order valence-electron chi connectivity index (χ3n) is 4.80. The highest BCUT2D eigenvalue weighted by molar-refractivity contribution is 5.94. The lowest BCUT2D eigenvalue weighted by atomic mass is 10.1. The fourth-order valence-electron chi connectivity index (χ4n) is 3.44. The smallest absolute Gasteiger partial charge is 0.257 e. The Balaban J connectivity index is 1.37. The maximum atomic E-state index is 12.3. The fraction of sp³-hybridized carbons (Fsp3) is 0.500. The van der Waals surface area contributed by atoms with Crippen molar-refractivity contribution in [2.24, 2.45) is 0 Å². The van der Waals surface area contributed by atoms with Crippen LogP contribution in [0.4, 0.5) is 5.82 Å². The number of aromatic nitrogens is 2. The van der Waals surface area contributed by atoms with Gasteiger partial charge >= 0.3 is 0 Å². The van der Waals surface area contributed by atoms with Crippen molar-refractivity contribution in [3.63, 3.8) is 0 Å². The molecule has 7 heteroatoms. The fourth-order valence-corrected chi connectivity index (χ4v) is 3.44. The van der Waals surface area contributed by atoms with E-state index in [9.17, 15) is 4.79 Å². The van der Waals surface area contributed by atoms with Crippen molar-refractivity contribution >= 4 is 11.7 Å². The molecule has 0 aliphatic carbocycles. The van der Waals surface area contributed by atoms with Gasteiger partial charge in [0, 0.05) is 32.1 Å². The van der Waals surface area contributed by atoms with Crippen molar-refractivity contribution in [2.75, 3.05) is 31.1 Å². The van der Waals surface area contributed by atoms with Crippen molar-refractivity contribution in [1.29, 1.82) is 0 Å². The first-order valence-corrected chi connectivity index (χ1v) is 8.85. The van der Waals surface area contributed by atoms with Gasteiger partial charge in [0.15, 0.2) is 0 Å².